The smallest absolute Gasteiger partial charge is 0.334 e. The first-order valence-corrected chi connectivity index (χ1v) is 8.02. The summed E-state index contributed by atoms with van der Waals surface area (Å²) in [5, 5.41) is 18.5. The van der Waals surface area contributed by atoms with Gasteiger partial charge in [0.05, 0.1) is 16.0 Å². The minimum absolute atomic E-state index is 0.0255. The Morgan fingerprint density at radius 3 is 2.65 bits per heavy atom. The minimum atomic E-state index is -0.423. The predicted molar refractivity (Wildman–Crippen MR) is 99.0 cm³/mol. The molecule has 1 N–H and O–H groups in total. The van der Waals surface area contributed by atoms with E-state index in [2.05, 4.69) is 15.4 Å². The third-order valence-corrected chi connectivity index (χ3v) is 4.22. The van der Waals surface area contributed by atoms with Gasteiger partial charge in [0.15, 0.2) is 0 Å². The molecule has 0 radical (unpaired) electrons. The molecule has 0 saturated heterocycles. The van der Waals surface area contributed by atoms with Crippen molar-refractivity contribution in [2.45, 2.75) is 6.92 Å². The Morgan fingerprint density at radius 1 is 1.15 bits per heavy atom. The molecule has 0 unspecified atom stereocenters. The Labute approximate surface area is 148 Å². The van der Waals surface area contributed by atoms with Crippen LogP contribution < -0.4 is 5.32 Å². The zero-order valence-corrected chi connectivity index (χ0v) is 14.2. The third-order valence-electron chi connectivity index (χ3n) is 4.22. The van der Waals surface area contributed by atoms with Gasteiger partial charge in [-0.25, -0.2) is 9.67 Å². The highest BCUT2D eigenvalue weighted by Gasteiger charge is 2.24. The molecule has 0 spiro atoms. The summed E-state index contributed by atoms with van der Waals surface area (Å²) < 4.78 is 3.47. The van der Waals surface area contributed by atoms with E-state index in [9.17, 15) is 10.1 Å². The summed E-state index contributed by atoms with van der Waals surface area (Å²) in [7, 11) is 1.67. The maximum Gasteiger partial charge on any atom is 0.334 e. The molecule has 4 aromatic rings. The number of aryl methyl sites for hydroxylation is 2. The monoisotopic (exact) mass is 348 g/mol. The Balaban J connectivity index is 1.73. The summed E-state index contributed by atoms with van der Waals surface area (Å²) in [4.78, 5) is 15.3. The van der Waals surface area contributed by atoms with Gasteiger partial charge in [0.1, 0.15) is 12.0 Å². The lowest BCUT2D eigenvalue weighted by atomic mass is 10.2. The third kappa shape index (κ3) is 2.57. The number of nitrogens with zero attached hydrogens (tertiary/aromatic N) is 5. The van der Waals surface area contributed by atoms with Crippen LogP contribution in [0.5, 0.6) is 0 Å². The van der Waals surface area contributed by atoms with Gasteiger partial charge in [-0.05, 0) is 37.3 Å². The van der Waals surface area contributed by atoms with Gasteiger partial charge in [-0.15, -0.1) is 0 Å². The molecule has 0 fully saturated rings. The predicted octanol–water partition coefficient (Wildman–Crippen LogP) is 3.72. The number of hydrogen-bond donors (Lipinski definition) is 1. The summed E-state index contributed by atoms with van der Waals surface area (Å²) >= 11 is 0. The number of hydrogen-bond acceptors (Lipinski definition) is 5. The number of aromatic nitrogens is 4. The molecule has 0 aliphatic rings. The van der Waals surface area contributed by atoms with Crippen molar-refractivity contribution >= 4 is 28.2 Å². The summed E-state index contributed by atoms with van der Waals surface area (Å²) in [5.41, 5.74) is 3.82. The Bertz CT molecular complexity index is 1110. The number of rotatable bonds is 4. The average molecular weight is 348 g/mol. The molecule has 130 valence electrons. The Kier molecular flexibility index (Phi) is 3.65. The van der Waals surface area contributed by atoms with Crippen LogP contribution in [-0.2, 0) is 7.05 Å². The van der Waals surface area contributed by atoms with Crippen molar-refractivity contribution in [3.05, 3.63) is 70.7 Å². The molecule has 0 aliphatic carbocycles. The van der Waals surface area contributed by atoms with E-state index in [0.29, 0.717) is 17.2 Å². The fraction of sp³-hybridized carbons (Fsp3) is 0.111. The van der Waals surface area contributed by atoms with Crippen molar-refractivity contribution in [3.8, 4) is 5.69 Å². The second kappa shape index (κ2) is 5.99. The zero-order valence-electron chi connectivity index (χ0n) is 14.2. The van der Waals surface area contributed by atoms with E-state index in [-0.39, 0.29) is 5.69 Å². The number of benzene rings is 2. The lowest BCUT2D eigenvalue weighted by Gasteiger charge is -2.07. The molecule has 8 nitrogen and oxygen atoms in total. The number of nitrogens with one attached hydrogen (secondary N) is 1. The maximum absolute atomic E-state index is 11.3. The van der Waals surface area contributed by atoms with Gasteiger partial charge in [0.25, 0.3) is 0 Å². The van der Waals surface area contributed by atoms with Crippen LogP contribution in [0.25, 0.3) is 16.7 Å². The number of imidazole rings is 1. The van der Waals surface area contributed by atoms with Crippen LogP contribution >= 0.6 is 0 Å². The number of nitro groups is 1. The van der Waals surface area contributed by atoms with Crippen LogP contribution in [-0.4, -0.2) is 24.3 Å². The van der Waals surface area contributed by atoms with E-state index in [1.165, 1.54) is 4.68 Å². The van der Waals surface area contributed by atoms with Gasteiger partial charge < -0.3 is 5.32 Å². The van der Waals surface area contributed by atoms with Gasteiger partial charge in [-0.3, -0.25) is 14.7 Å². The lowest BCUT2D eigenvalue weighted by Crippen LogP contribution is -2.01. The molecule has 2 heterocycles. The first-order valence-electron chi connectivity index (χ1n) is 8.02. The molecule has 0 amide bonds. The molecule has 4 rings (SSSR count). The van der Waals surface area contributed by atoms with E-state index >= 15 is 0 Å². The Hall–Kier alpha value is -3.68. The molecular weight excluding hydrogens is 332 g/mol. The van der Waals surface area contributed by atoms with Crippen LogP contribution in [0.3, 0.4) is 0 Å². The minimum Gasteiger partial charge on any atom is -0.335 e. The fourth-order valence-electron chi connectivity index (χ4n) is 3.03. The SMILES string of the molecule is Cc1nn(C)c(Nc2ccc3c(c2)ncn3-c2ccccc2)c1[N+](=O)[O-]. The molecule has 8 heteroatoms. The molecule has 0 saturated carbocycles. The molecule has 2 aromatic heterocycles. The van der Waals surface area contributed by atoms with Crippen molar-refractivity contribution in [2.75, 3.05) is 5.32 Å². The van der Waals surface area contributed by atoms with Gasteiger partial charge in [-0.2, -0.15) is 5.10 Å². The second-order valence-electron chi connectivity index (χ2n) is 5.94. The largest absolute Gasteiger partial charge is 0.335 e. The molecule has 0 bridgehead atoms. The van der Waals surface area contributed by atoms with Crippen molar-refractivity contribution in [1.29, 1.82) is 0 Å². The highest BCUT2D eigenvalue weighted by atomic mass is 16.6. The van der Waals surface area contributed by atoms with Crippen molar-refractivity contribution in [3.63, 3.8) is 0 Å². The number of anilines is 2. The normalized spacial score (nSPS) is 11.0. The van der Waals surface area contributed by atoms with Crippen molar-refractivity contribution in [2.24, 2.45) is 7.05 Å². The molecule has 26 heavy (non-hydrogen) atoms. The second-order valence-corrected chi connectivity index (χ2v) is 5.94. The quantitative estimate of drug-likeness (QED) is 0.448. The topological polar surface area (TPSA) is 90.8 Å². The summed E-state index contributed by atoms with van der Waals surface area (Å²) in [6, 6.07) is 15.6. The van der Waals surface area contributed by atoms with Crippen LogP contribution in [0, 0.1) is 17.0 Å². The first-order chi connectivity index (χ1) is 12.5. The number of fused-ring (bicyclic) bond motifs is 1. The van der Waals surface area contributed by atoms with E-state index in [0.717, 1.165) is 16.7 Å². The molecule has 2 aromatic carbocycles. The lowest BCUT2D eigenvalue weighted by molar-refractivity contribution is -0.384. The number of para-hydroxylation sites is 1. The van der Waals surface area contributed by atoms with Gasteiger partial charge in [0, 0.05) is 18.4 Å². The van der Waals surface area contributed by atoms with Crippen LogP contribution in [0.1, 0.15) is 5.69 Å². The summed E-state index contributed by atoms with van der Waals surface area (Å²) in [6.07, 6.45) is 1.76. The molecular formula is C18H16N6O2. The maximum atomic E-state index is 11.3. The van der Waals surface area contributed by atoms with E-state index in [4.69, 9.17) is 0 Å². The van der Waals surface area contributed by atoms with Gasteiger partial charge in [0.2, 0.25) is 5.82 Å². The standard InChI is InChI=1S/C18H16N6O2/c1-12-17(24(25)26)18(22(2)21-12)20-13-8-9-16-15(10-13)19-11-23(16)14-6-4-3-5-7-14/h3-11,20H,1-2H3. The summed E-state index contributed by atoms with van der Waals surface area (Å²) in [5.74, 6) is 0.342. The fourth-order valence-corrected chi connectivity index (χ4v) is 3.03. The van der Waals surface area contributed by atoms with Gasteiger partial charge in [-0.1, -0.05) is 18.2 Å². The zero-order chi connectivity index (χ0) is 18.3. The average Bonchev–Trinajstić information content (AvgIpc) is 3.16. The van der Waals surface area contributed by atoms with Crippen LogP contribution in [0.15, 0.2) is 54.9 Å². The molecule has 0 aliphatic heterocycles. The van der Waals surface area contributed by atoms with Crippen molar-refractivity contribution in [1.82, 2.24) is 19.3 Å². The highest BCUT2D eigenvalue weighted by molar-refractivity contribution is 5.83. The van der Waals surface area contributed by atoms with E-state index in [1.807, 2.05) is 53.1 Å². The Morgan fingerprint density at radius 2 is 1.92 bits per heavy atom. The van der Waals surface area contributed by atoms with Crippen LogP contribution in [0.2, 0.25) is 0 Å². The van der Waals surface area contributed by atoms with E-state index in [1.54, 1.807) is 20.3 Å². The molecule has 0 atom stereocenters. The van der Waals surface area contributed by atoms with Gasteiger partial charge >= 0.3 is 5.69 Å². The first kappa shape index (κ1) is 15.8. The van der Waals surface area contributed by atoms with E-state index < -0.39 is 4.92 Å². The highest BCUT2D eigenvalue weighted by Crippen LogP contribution is 2.31. The summed E-state index contributed by atoms with van der Waals surface area (Å²) in [6.45, 7) is 1.62. The van der Waals surface area contributed by atoms with Crippen molar-refractivity contribution < 1.29 is 4.92 Å². The van der Waals surface area contributed by atoms with Crippen LogP contribution in [0.4, 0.5) is 17.2 Å².